The van der Waals surface area contributed by atoms with Gasteiger partial charge in [-0.05, 0) is 71.7 Å². The van der Waals surface area contributed by atoms with Crippen molar-refractivity contribution in [1.82, 2.24) is 9.47 Å². The molecule has 182 valence electrons. The molecule has 0 aliphatic carbocycles. The van der Waals surface area contributed by atoms with Crippen LogP contribution in [0.3, 0.4) is 0 Å². The topological polar surface area (TPSA) is 101 Å². The fraction of sp³-hybridized carbons (Fsp3) is 0.583. The van der Waals surface area contributed by atoms with Crippen molar-refractivity contribution in [3.63, 3.8) is 0 Å². The monoisotopic (exact) mass is 480 g/mol. The number of benzene rings is 1. The lowest BCUT2D eigenvalue weighted by atomic mass is 9.94. The van der Waals surface area contributed by atoms with E-state index in [2.05, 4.69) is 0 Å². The van der Waals surface area contributed by atoms with Gasteiger partial charge in [0.15, 0.2) is 0 Å². The Bertz CT molecular complexity index is 1050. The number of fused-ring (bicyclic) bond motifs is 3. The second-order valence-electron chi connectivity index (χ2n) is 10.4. The van der Waals surface area contributed by atoms with Crippen molar-refractivity contribution in [2.45, 2.75) is 77.7 Å². The van der Waals surface area contributed by atoms with E-state index in [1.54, 1.807) is 59.7 Å². The molecule has 0 radical (unpaired) electrons. The molecule has 9 heteroatoms. The molecule has 2 atom stereocenters. The number of ether oxygens (including phenoxy) is 2. The van der Waals surface area contributed by atoms with E-state index in [9.17, 15) is 19.8 Å². The Morgan fingerprint density at radius 1 is 1.12 bits per heavy atom. The number of aliphatic hydroxyl groups is 2. The molecule has 0 saturated carbocycles. The molecule has 2 aromatic rings. The highest BCUT2D eigenvalue weighted by Gasteiger charge is 2.40. The molecule has 2 N–H and O–H groups in total. The summed E-state index contributed by atoms with van der Waals surface area (Å²) < 4.78 is 12.8. The highest BCUT2D eigenvalue weighted by atomic mass is 35.5. The van der Waals surface area contributed by atoms with Crippen molar-refractivity contribution in [2.75, 3.05) is 13.2 Å². The third-order valence-electron chi connectivity index (χ3n) is 5.28. The maximum absolute atomic E-state index is 13.4. The summed E-state index contributed by atoms with van der Waals surface area (Å²) in [5.74, 6) is 0. The van der Waals surface area contributed by atoms with Crippen LogP contribution in [0.5, 0.6) is 0 Å². The minimum atomic E-state index is -1.10. The number of carbonyl (C=O) groups is 2. The number of amides is 1. The van der Waals surface area contributed by atoms with Crippen molar-refractivity contribution in [3.8, 4) is 0 Å². The molecule has 1 aliphatic heterocycles. The summed E-state index contributed by atoms with van der Waals surface area (Å²) in [6, 6.07) is 4.51. The van der Waals surface area contributed by atoms with Gasteiger partial charge in [0.2, 0.25) is 0 Å². The van der Waals surface area contributed by atoms with Crippen LogP contribution in [-0.2, 0) is 15.9 Å². The van der Waals surface area contributed by atoms with Gasteiger partial charge in [-0.2, -0.15) is 0 Å². The van der Waals surface area contributed by atoms with E-state index in [4.69, 9.17) is 21.1 Å². The normalized spacial score (nSPS) is 17.6. The highest BCUT2D eigenvalue weighted by molar-refractivity contribution is 6.31. The molecule has 1 amide bonds. The summed E-state index contributed by atoms with van der Waals surface area (Å²) in [7, 11) is 0. The number of hydrogen-bond donors (Lipinski definition) is 2. The Balaban J connectivity index is 2.22. The van der Waals surface area contributed by atoms with Gasteiger partial charge in [0.1, 0.15) is 11.2 Å². The summed E-state index contributed by atoms with van der Waals surface area (Å²) >= 11 is 6.27. The molecular formula is C24H33ClN2O6. The molecule has 0 unspecified atom stereocenters. The summed E-state index contributed by atoms with van der Waals surface area (Å²) in [6.07, 6.45) is -1.75. The number of aliphatic hydroxyl groups excluding tert-OH is 2. The molecule has 0 bridgehead atoms. The van der Waals surface area contributed by atoms with Crippen molar-refractivity contribution >= 4 is 34.7 Å². The van der Waals surface area contributed by atoms with E-state index in [0.29, 0.717) is 29.2 Å². The molecular weight excluding hydrogens is 448 g/mol. The first-order valence-electron chi connectivity index (χ1n) is 11.1. The first-order chi connectivity index (χ1) is 15.2. The van der Waals surface area contributed by atoms with Crippen LogP contribution in [-0.4, -0.2) is 62.3 Å². The van der Waals surface area contributed by atoms with Gasteiger partial charge in [0.05, 0.1) is 30.0 Å². The fourth-order valence-electron chi connectivity index (χ4n) is 4.11. The highest BCUT2D eigenvalue weighted by Crippen LogP contribution is 2.41. The first kappa shape index (κ1) is 25.3. The Morgan fingerprint density at radius 3 is 2.30 bits per heavy atom. The lowest BCUT2D eigenvalue weighted by Crippen LogP contribution is -2.45. The maximum atomic E-state index is 13.4. The lowest BCUT2D eigenvalue weighted by molar-refractivity contribution is 0.00104. The summed E-state index contributed by atoms with van der Waals surface area (Å²) in [5, 5.41) is 21.2. The summed E-state index contributed by atoms with van der Waals surface area (Å²) in [5.41, 5.74) is 0.530. The smallest absolute Gasteiger partial charge is 0.419 e. The number of nitrogens with zero attached hydrogens (tertiary/aromatic N) is 2. The summed E-state index contributed by atoms with van der Waals surface area (Å²) in [6.45, 7) is 10.5. The molecule has 33 heavy (non-hydrogen) atoms. The van der Waals surface area contributed by atoms with E-state index in [1.165, 1.54) is 9.47 Å². The van der Waals surface area contributed by atoms with Gasteiger partial charge in [0.25, 0.3) is 0 Å². The van der Waals surface area contributed by atoms with Crippen LogP contribution >= 0.6 is 11.6 Å². The molecule has 1 aromatic heterocycles. The van der Waals surface area contributed by atoms with E-state index in [0.717, 1.165) is 10.9 Å². The SMILES string of the molecule is CC(C)(C)OC(=O)N1CCc2c(n(C(=O)OC(C)(C)C)c3ccc(Cl)cc23)[C@H]1C[C@H](O)CO. The van der Waals surface area contributed by atoms with Crippen LogP contribution in [0, 0.1) is 0 Å². The van der Waals surface area contributed by atoms with Gasteiger partial charge < -0.3 is 19.7 Å². The van der Waals surface area contributed by atoms with Gasteiger partial charge in [-0.15, -0.1) is 0 Å². The fourth-order valence-corrected chi connectivity index (χ4v) is 4.28. The van der Waals surface area contributed by atoms with Crippen LogP contribution in [0.4, 0.5) is 9.59 Å². The van der Waals surface area contributed by atoms with Crippen LogP contribution < -0.4 is 0 Å². The largest absolute Gasteiger partial charge is 0.444 e. The van der Waals surface area contributed by atoms with E-state index >= 15 is 0 Å². The van der Waals surface area contributed by atoms with Crippen LogP contribution in [0.2, 0.25) is 5.02 Å². The lowest BCUT2D eigenvalue weighted by Gasteiger charge is -2.38. The van der Waals surface area contributed by atoms with Gasteiger partial charge in [-0.3, -0.25) is 4.90 Å². The van der Waals surface area contributed by atoms with Crippen molar-refractivity contribution in [2.24, 2.45) is 0 Å². The standard InChI is InChI=1S/C24H33ClN2O6/c1-23(2,3)32-21(30)26-10-9-16-17-11-14(25)7-8-18(17)27(22(31)33-24(4,5)6)20(16)19(26)12-15(29)13-28/h7-8,11,15,19,28-29H,9-10,12-13H2,1-6H3/t15-,19+/m0/s1. The average Bonchev–Trinajstić information content (AvgIpc) is 2.99. The number of halogens is 1. The Hall–Kier alpha value is -2.29. The molecule has 8 nitrogen and oxygen atoms in total. The second kappa shape index (κ2) is 9.16. The van der Waals surface area contributed by atoms with Crippen molar-refractivity contribution in [3.05, 3.63) is 34.5 Å². The van der Waals surface area contributed by atoms with Crippen molar-refractivity contribution < 1.29 is 29.3 Å². The second-order valence-corrected chi connectivity index (χ2v) is 10.8. The predicted molar refractivity (Wildman–Crippen MR) is 126 cm³/mol. The third kappa shape index (κ3) is 5.62. The van der Waals surface area contributed by atoms with Gasteiger partial charge in [-0.25, -0.2) is 14.2 Å². The molecule has 2 heterocycles. The van der Waals surface area contributed by atoms with Gasteiger partial charge >= 0.3 is 12.2 Å². The molecule has 1 aromatic carbocycles. The number of hydrogen-bond acceptors (Lipinski definition) is 6. The average molecular weight is 481 g/mol. The minimum absolute atomic E-state index is 0.0234. The Morgan fingerprint density at radius 2 is 1.73 bits per heavy atom. The van der Waals surface area contributed by atoms with Crippen molar-refractivity contribution in [1.29, 1.82) is 0 Å². The van der Waals surface area contributed by atoms with E-state index in [1.807, 2.05) is 0 Å². The van der Waals surface area contributed by atoms with Gasteiger partial charge in [-0.1, -0.05) is 11.6 Å². The number of rotatable bonds is 3. The van der Waals surface area contributed by atoms with Gasteiger partial charge in [0, 0.05) is 23.4 Å². The molecule has 0 saturated heterocycles. The third-order valence-corrected chi connectivity index (χ3v) is 5.51. The van der Waals surface area contributed by atoms with E-state index < -0.39 is 42.1 Å². The van der Waals surface area contributed by atoms with Crippen LogP contribution in [0.25, 0.3) is 10.9 Å². The molecule has 3 rings (SSSR count). The number of carbonyl (C=O) groups excluding carboxylic acids is 2. The summed E-state index contributed by atoms with van der Waals surface area (Å²) in [4.78, 5) is 28.0. The maximum Gasteiger partial charge on any atom is 0.419 e. The first-order valence-corrected chi connectivity index (χ1v) is 11.4. The minimum Gasteiger partial charge on any atom is -0.444 e. The quantitative estimate of drug-likeness (QED) is 0.662. The zero-order valence-electron chi connectivity index (χ0n) is 20.0. The predicted octanol–water partition coefficient (Wildman–Crippen LogP) is 4.66. The molecule has 0 fully saturated rings. The zero-order chi connectivity index (χ0) is 24.7. The zero-order valence-corrected chi connectivity index (χ0v) is 20.8. The molecule has 0 spiro atoms. The van der Waals surface area contributed by atoms with Crippen LogP contribution in [0.1, 0.15) is 65.3 Å². The Kier molecular flexibility index (Phi) is 7.03. The van der Waals surface area contributed by atoms with E-state index in [-0.39, 0.29) is 6.42 Å². The molecule has 1 aliphatic rings. The Labute approximate surface area is 199 Å². The van der Waals surface area contributed by atoms with Crippen LogP contribution in [0.15, 0.2) is 18.2 Å². The number of aromatic nitrogens is 1.